The van der Waals surface area contributed by atoms with Gasteiger partial charge in [0.25, 0.3) is 0 Å². The molecule has 0 bridgehead atoms. The lowest BCUT2D eigenvalue weighted by Crippen LogP contribution is -2.38. The average molecular weight is 276 g/mol. The highest BCUT2D eigenvalue weighted by molar-refractivity contribution is 5.78. The first-order chi connectivity index (χ1) is 9.56. The van der Waals surface area contributed by atoms with Crippen molar-refractivity contribution in [2.24, 2.45) is 0 Å². The van der Waals surface area contributed by atoms with Crippen LogP contribution < -0.4 is 5.32 Å². The zero-order valence-corrected chi connectivity index (χ0v) is 12.6. The molecule has 1 N–H and O–H groups in total. The van der Waals surface area contributed by atoms with Gasteiger partial charge in [-0.15, -0.1) is 0 Å². The number of likely N-dealkylation sites (tertiary alicyclic amines) is 1. The lowest BCUT2D eigenvalue weighted by Gasteiger charge is -2.20. The summed E-state index contributed by atoms with van der Waals surface area (Å²) < 4.78 is 0. The summed E-state index contributed by atoms with van der Waals surface area (Å²) in [6, 6.07) is 2.53. The SMILES string of the molecule is Cc1cnccc1CNC(=O)CN1CC[C@H](N(C)C)C1. The molecule has 1 amide bonds. The van der Waals surface area contributed by atoms with Crippen molar-refractivity contribution in [3.63, 3.8) is 0 Å². The summed E-state index contributed by atoms with van der Waals surface area (Å²) in [5, 5.41) is 2.99. The second kappa shape index (κ2) is 6.81. The van der Waals surface area contributed by atoms with Crippen LogP contribution in [0, 0.1) is 6.92 Å². The molecule has 1 aliphatic rings. The Labute approximate surface area is 121 Å². The molecule has 2 rings (SSSR count). The first kappa shape index (κ1) is 14.9. The maximum atomic E-state index is 12.0. The van der Waals surface area contributed by atoms with Gasteiger partial charge in [-0.3, -0.25) is 14.7 Å². The predicted molar refractivity (Wildman–Crippen MR) is 79.4 cm³/mol. The lowest BCUT2D eigenvalue weighted by molar-refractivity contribution is -0.122. The lowest BCUT2D eigenvalue weighted by atomic mass is 10.1. The Morgan fingerprint density at radius 3 is 3.00 bits per heavy atom. The standard InChI is InChI=1S/C15H24N4O/c1-12-8-16-6-4-13(12)9-17-15(20)11-19-7-5-14(10-19)18(2)3/h4,6,8,14H,5,7,9-11H2,1-3H3,(H,17,20)/t14-/m0/s1. The largest absolute Gasteiger partial charge is 0.351 e. The monoisotopic (exact) mass is 276 g/mol. The molecule has 1 aromatic heterocycles. The molecule has 0 spiro atoms. The molecule has 20 heavy (non-hydrogen) atoms. The number of hydrogen-bond acceptors (Lipinski definition) is 4. The molecule has 0 aromatic carbocycles. The van der Waals surface area contributed by atoms with E-state index in [1.165, 1.54) is 0 Å². The van der Waals surface area contributed by atoms with Gasteiger partial charge in [0.2, 0.25) is 5.91 Å². The fraction of sp³-hybridized carbons (Fsp3) is 0.600. The number of carbonyl (C=O) groups excluding carboxylic acids is 1. The molecular formula is C15H24N4O. The van der Waals surface area contributed by atoms with Crippen molar-refractivity contribution < 1.29 is 4.79 Å². The zero-order valence-electron chi connectivity index (χ0n) is 12.6. The summed E-state index contributed by atoms with van der Waals surface area (Å²) in [6.07, 6.45) is 4.73. The Bertz CT molecular complexity index is 461. The summed E-state index contributed by atoms with van der Waals surface area (Å²) in [6.45, 7) is 5.07. The van der Waals surface area contributed by atoms with Crippen LogP contribution in [0.4, 0.5) is 0 Å². The van der Waals surface area contributed by atoms with E-state index in [2.05, 4.69) is 34.2 Å². The van der Waals surface area contributed by atoms with Crippen LogP contribution in [0.25, 0.3) is 0 Å². The number of rotatable bonds is 5. The Morgan fingerprint density at radius 1 is 1.55 bits per heavy atom. The topological polar surface area (TPSA) is 48.5 Å². The minimum Gasteiger partial charge on any atom is -0.351 e. The summed E-state index contributed by atoms with van der Waals surface area (Å²) in [5.41, 5.74) is 2.24. The van der Waals surface area contributed by atoms with Crippen LogP contribution in [0.3, 0.4) is 0 Å². The predicted octanol–water partition coefficient (Wildman–Crippen LogP) is 0.642. The molecule has 5 nitrogen and oxygen atoms in total. The molecule has 0 aliphatic carbocycles. The third-order valence-electron chi connectivity index (χ3n) is 3.96. The molecule has 5 heteroatoms. The number of nitrogens with one attached hydrogen (secondary N) is 1. The minimum atomic E-state index is 0.0978. The van der Waals surface area contributed by atoms with Crippen molar-refractivity contribution in [1.29, 1.82) is 0 Å². The van der Waals surface area contributed by atoms with Crippen LogP contribution in [0.5, 0.6) is 0 Å². The van der Waals surface area contributed by atoms with Gasteiger partial charge in [-0.2, -0.15) is 0 Å². The van der Waals surface area contributed by atoms with Gasteiger partial charge in [-0.1, -0.05) is 0 Å². The quantitative estimate of drug-likeness (QED) is 0.857. The molecule has 0 unspecified atom stereocenters. The molecule has 2 heterocycles. The van der Waals surface area contributed by atoms with Crippen LogP contribution >= 0.6 is 0 Å². The van der Waals surface area contributed by atoms with E-state index in [0.717, 1.165) is 30.6 Å². The van der Waals surface area contributed by atoms with Gasteiger partial charge in [0.15, 0.2) is 0 Å². The minimum absolute atomic E-state index is 0.0978. The van der Waals surface area contributed by atoms with Crippen molar-refractivity contribution in [2.75, 3.05) is 33.7 Å². The van der Waals surface area contributed by atoms with Crippen LogP contribution in [0.2, 0.25) is 0 Å². The third kappa shape index (κ3) is 4.02. The highest BCUT2D eigenvalue weighted by Gasteiger charge is 2.25. The van der Waals surface area contributed by atoms with Gasteiger partial charge >= 0.3 is 0 Å². The number of aromatic nitrogens is 1. The summed E-state index contributed by atoms with van der Waals surface area (Å²) >= 11 is 0. The molecule has 1 atom stereocenters. The molecule has 1 aromatic rings. The van der Waals surface area contributed by atoms with Crippen LogP contribution in [0.1, 0.15) is 17.5 Å². The Balaban J connectivity index is 1.75. The molecule has 1 aliphatic heterocycles. The van der Waals surface area contributed by atoms with Crippen LogP contribution in [-0.4, -0.2) is 60.5 Å². The number of aryl methyl sites for hydroxylation is 1. The van der Waals surface area contributed by atoms with Gasteiger partial charge in [0.1, 0.15) is 0 Å². The normalized spacial score (nSPS) is 19.5. The van der Waals surface area contributed by atoms with Crippen molar-refractivity contribution in [2.45, 2.75) is 25.9 Å². The molecule has 1 saturated heterocycles. The van der Waals surface area contributed by atoms with E-state index in [1.807, 2.05) is 19.2 Å². The van der Waals surface area contributed by atoms with Crippen molar-refractivity contribution in [1.82, 2.24) is 20.1 Å². The number of likely N-dealkylation sites (N-methyl/N-ethyl adjacent to an activating group) is 1. The first-order valence-electron chi connectivity index (χ1n) is 7.11. The van der Waals surface area contributed by atoms with Crippen LogP contribution in [-0.2, 0) is 11.3 Å². The number of hydrogen-bond donors (Lipinski definition) is 1. The Hall–Kier alpha value is -1.46. The van der Waals surface area contributed by atoms with E-state index in [1.54, 1.807) is 6.20 Å². The smallest absolute Gasteiger partial charge is 0.234 e. The summed E-state index contributed by atoms with van der Waals surface area (Å²) in [5.74, 6) is 0.0978. The van der Waals surface area contributed by atoms with Crippen molar-refractivity contribution >= 4 is 5.91 Å². The van der Waals surface area contributed by atoms with Gasteiger partial charge in [0, 0.05) is 38.1 Å². The average Bonchev–Trinajstić information content (AvgIpc) is 2.86. The van der Waals surface area contributed by atoms with Gasteiger partial charge in [-0.05, 0) is 44.6 Å². The Kier molecular flexibility index (Phi) is 5.09. The number of pyridine rings is 1. The number of carbonyl (C=O) groups is 1. The van der Waals surface area contributed by atoms with Gasteiger partial charge < -0.3 is 10.2 Å². The fourth-order valence-corrected chi connectivity index (χ4v) is 2.53. The van der Waals surface area contributed by atoms with Crippen LogP contribution in [0.15, 0.2) is 18.5 Å². The van der Waals surface area contributed by atoms with E-state index < -0.39 is 0 Å². The third-order valence-corrected chi connectivity index (χ3v) is 3.96. The van der Waals surface area contributed by atoms with Crippen molar-refractivity contribution in [3.8, 4) is 0 Å². The van der Waals surface area contributed by atoms with E-state index in [9.17, 15) is 4.79 Å². The first-order valence-corrected chi connectivity index (χ1v) is 7.11. The molecular weight excluding hydrogens is 252 g/mol. The van der Waals surface area contributed by atoms with Gasteiger partial charge in [-0.25, -0.2) is 0 Å². The maximum absolute atomic E-state index is 12.0. The highest BCUT2D eigenvalue weighted by atomic mass is 16.2. The van der Waals surface area contributed by atoms with E-state index >= 15 is 0 Å². The zero-order chi connectivity index (χ0) is 14.5. The van der Waals surface area contributed by atoms with E-state index in [-0.39, 0.29) is 5.91 Å². The van der Waals surface area contributed by atoms with Crippen molar-refractivity contribution in [3.05, 3.63) is 29.6 Å². The second-order valence-corrected chi connectivity index (χ2v) is 5.72. The highest BCUT2D eigenvalue weighted by Crippen LogP contribution is 2.12. The molecule has 1 fully saturated rings. The fourth-order valence-electron chi connectivity index (χ4n) is 2.53. The molecule has 110 valence electrons. The van der Waals surface area contributed by atoms with E-state index in [4.69, 9.17) is 0 Å². The molecule has 0 saturated carbocycles. The van der Waals surface area contributed by atoms with Gasteiger partial charge in [0.05, 0.1) is 6.54 Å². The number of nitrogens with zero attached hydrogens (tertiary/aromatic N) is 3. The number of amides is 1. The second-order valence-electron chi connectivity index (χ2n) is 5.72. The maximum Gasteiger partial charge on any atom is 0.234 e. The summed E-state index contributed by atoms with van der Waals surface area (Å²) in [4.78, 5) is 20.5. The Morgan fingerprint density at radius 2 is 2.35 bits per heavy atom. The molecule has 0 radical (unpaired) electrons. The van der Waals surface area contributed by atoms with E-state index in [0.29, 0.717) is 19.1 Å². The summed E-state index contributed by atoms with van der Waals surface area (Å²) in [7, 11) is 4.20.